The van der Waals surface area contributed by atoms with Gasteiger partial charge in [-0.3, -0.25) is 0 Å². The van der Waals surface area contributed by atoms with Crippen molar-refractivity contribution in [2.45, 2.75) is 103 Å². The summed E-state index contributed by atoms with van der Waals surface area (Å²) in [5, 5.41) is 10.3. The zero-order chi connectivity index (χ0) is 20.9. The fraction of sp³-hybridized carbons (Fsp3) is 0.926. The number of rotatable bonds is 0. The zero-order valence-electron chi connectivity index (χ0n) is 19.5. The molecule has 6 aliphatic rings. The Labute approximate surface area is 183 Å². The van der Waals surface area contributed by atoms with E-state index in [9.17, 15) is 5.11 Å². The van der Waals surface area contributed by atoms with Gasteiger partial charge in [-0.25, -0.2) is 0 Å². The minimum absolute atomic E-state index is 0.107. The molecule has 30 heavy (non-hydrogen) atoms. The first-order valence-electron chi connectivity index (χ1n) is 13.0. The molecular weight excluding hydrogens is 372 g/mol. The molecule has 2 heterocycles. The Morgan fingerprint density at radius 1 is 1.03 bits per heavy atom. The van der Waals surface area contributed by atoms with E-state index in [-0.39, 0.29) is 11.9 Å². The van der Waals surface area contributed by atoms with Gasteiger partial charge in [0.15, 0.2) is 5.79 Å². The summed E-state index contributed by atoms with van der Waals surface area (Å²) in [6.45, 7) is 10.8. The second-order valence-corrected chi connectivity index (χ2v) is 12.7. The average molecular weight is 415 g/mol. The third kappa shape index (κ3) is 2.55. The van der Waals surface area contributed by atoms with Crippen molar-refractivity contribution in [3.8, 4) is 0 Å². The van der Waals surface area contributed by atoms with E-state index in [1.54, 1.807) is 5.57 Å². The maximum absolute atomic E-state index is 10.3. The van der Waals surface area contributed by atoms with Gasteiger partial charge < -0.3 is 14.6 Å². The Bertz CT molecular complexity index is 736. The van der Waals surface area contributed by atoms with Crippen molar-refractivity contribution in [3.63, 3.8) is 0 Å². The van der Waals surface area contributed by atoms with Gasteiger partial charge in [-0.15, -0.1) is 0 Å². The van der Waals surface area contributed by atoms with Crippen LogP contribution in [-0.2, 0) is 9.47 Å². The lowest BCUT2D eigenvalue weighted by Crippen LogP contribution is -2.52. The predicted octanol–water partition coefficient (Wildman–Crippen LogP) is 5.71. The van der Waals surface area contributed by atoms with Crippen molar-refractivity contribution in [2.24, 2.45) is 46.3 Å². The monoisotopic (exact) mass is 414 g/mol. The van der Waals surface area contributed by atoms with Crippen molar-refractivity contribution in [2.75, 3.05) is 6.61 Å². The minimum Gasteiger partial charge on any atom is -0.393 e. The highest BCUT2D eigenvalue weighted by Crippen LogP contribution is 2.70. The first kappa shape index (κ1) is 20.2. The molecule has 8 unspecified atom stereocenters. The smallest absolute Gasteiger partial charge is 0.171 e. The molecule has 11 atom stereocenters. The Balaban J connectivity index is 1.28. The molecule has 0 aromatic rings. The Hall–Kier alpha value is -0.380. The van der Waals surface area contributed by atoms with Crippen molar-refractivity contribution >= 4 is 0 Å². The third-order valence-corrected chi connectivity index (χ3v) is 11.3. The van der Waals surface area contributed by atoms with E-state index in [1.165, 1.54) is 38.5 Å². The number of allylic oxidation sites excluding steroid dienone is 1. The molecule has 5 fully saturated rings. The molecule has 0 amide bonds. The molecule has 2 saturated heterocycles. The van der Waals surface area contributed by atoms with E-state index in [0.29, 0.717) is 34.7 Å². The second kappa shape index (κ2) is 6.58. The minimum atomic E-state index is -0.294. The number of aliphatic hydroxyl groups is 1. The van der Waals surface area contributed by atoms with Crippen molar-refractivity contribution in [1.29, 1.82) is 0 Å². The van der Waals surface area contributed by atoms with Crippen LogP contribution in [0.25, 0.3) is 0 Å². The molecule has 0 bridgehead atoms. The SMILES string of the molecule is CC1CCC2(OC1)OC1CC3C4CC=C5C[C@@H](O)CC[C@]5(C)C4CC[C@]3(C)C1C2C. The standard InChI is InChI=1S/C27H42O3/c1-16-7-12-27(29-15-16)17(2)24-23(30-27)14-22-20-6-5-18-13-19(28)8-10-25(18,3)21(20)9-11-26(22,24)4/h5,16-17,19-24,28H,6-15H2,1-4H3/t16?,17?,19-,20?,21?,22?,23?,24?,25-,26-,27?/m0/s1. The van der Waals surface area contributed by atoms with Gasteiger partial charge in [0.1, 0.15) is 0 Å². The van der Waals surface area contributed by atoms with Crippen LogP contribution in [0.2, 0.25) is 0 Å². The summed E-state index contributed by atoms with van der Waals surface area (Å²) in [7, 11) is 0. The molecule has 1 N–H and O–H groups in total. The van der Waals surface area contributed by atoms with Crippen LogP contribution >= 0.6 is 0 Å². The second-order valence-electron chi connectivity index (χ2n) is 12.7. The van der Waals surface area contributed by atoms with Gasteiger partial charge in [0.25, 0.3) is 0 Å². The van der Waals surface area contributed by atoms with Gasteiger partial charge in [0.2, 0.25) is 0 Å². The molecule has 2 aliphatic heterocycles. The molecular formula is C27H42O3. The van der Waals surface area contributed by atoms with Gasteiger partial charge in [-0.1, -0.05) is 39.3 Å². The highest BCUT2D eigenvalue weighted by molar-refractivity contribution is 5.26. The van der Waals surface area contributed by atoms with E-state index in [2.05, 4.69) is 33.8 Å². The zero-order valence-corrected chi connectivity index (χ0v) is 19.5. The van der Waals surface area contributed by atoms with Crippen molar-refractivity contribution in [1.82, 2.24) is 0 Å². The lowest BCUT2D eigenvalue weighted by molar-refractivity contribution is -0.272. The number of fused-ring (bicyclic) bond motifs is 7. The molecule has 0 aromatic heterocycles. The summed E-state index contributed by atoms with van der Waals surface area (Å²) in [5.41, 5.74) is 2.31. The number of ether oxygens (including phenoxy) is 2. The van der Waals surface area contributed by atoms with Crippen LogP contribution in [0.5, 0.6) is 0 Å². The van der Waals surface area contributed by atoms with Crippen LogP contribution in [-0.4, -0.2) is 29.7 Å². The number of hydrogen-bond donors (Lipinski definition) is 1. The lowest BCUT2D eigenvalue weighted by Gasteiger charge is -2.58. The van der Waals surface area contributed by atoms with Gasteiger partial charge in [0, 0.05) is 12.3 Å². The number of aliphatic hydroxyl groups excluding tert-OH is 1. The van der Waals surface area contributed by atoms with Gasteiger partial charge >= 0.3 is 0 Å². The molecule has 3 nitrogen and oxygen atoms in total. The maximum Gasteiger partial charge on any atom is 0.171 e. The normalized spacial score (nSPS) is 59.8. The van der Waals surface area contributed by atoms with E-state index in [4.69, 9.17) is 9.47 Å². The molecule has 0 radical (unpaired) electrons. The van der Waals surface area contributed by atoms with Crippen LogP contribution in [0.3, 0.4) is 0 Å². The quantitative estimate of drug-likeness (QED) is 0.516. The summed E-state index contributed by atoms with van der Waals surface area (Å²) in [4.78, 5) is 0. The predicted molar refractivity (Wildman–Crippen MR) is 118 cm³/mol. The van der Waals surface area contributed by atoms with Crippen LogP contribution in [0, 0.1) is 46.3 Å². The Morgan fingerprint density at radius 3 is 2.63 bits per heavy atom. The summed E-state index contributed by atoms with van der Waals surface area (Å²) < 4.78 is 13.3. The topological polar surface area (TPSA) is 38.7 Å². The Kier molecular flexibility index (Phi) is 4.44. The molecule has 3 saturated carbocycles. The molecule has 0 aromatic carbocycles. The van der Waals surface area contributed by atoms with Gasteiger partial charge in [0.05, 0.1) is 18.8 Å². The summed E-state index contributed by atoms with van der Waals surface area (Å²) in [5.74, 6) is 3.94. The highest BCUT2D eigenvalue weighted by Gasteiger charge is 2.68. The largest absolute Gasteiger partial charge is 0.393 e. The van der Waals surface area contributed by atoms with Crippen LogP contribution in [0.4, 0.5) is 0 Å². The van der Waals surface area contributed by atoms with E-state index in [0.717, 1.165) is 43.6 Å². The third-order valence-electron chi connectivity index (χ3n) is 11.3. The lowest BCUT2D eigenvalue weighted by atomic mass is 9.47. The maximum atomic E-state index is 10.3. The summed E-state index contributed by atoms with van der Waals surface area (Å²) in [6, 6.07) is 0. The highest BCUT2D eigenvalue weighted by atomic mass is 16.7. The first-order chi connectivity index (χ1) is 14.3. The molecule has 4 aliphatic carbocycles. The van der Waals surface area contributed by atoms with Crippen molar-refractivity contribution in [3.05, 3.63) is 11.6 Å². The Morgan fingerprint density at radius 2 is 1.87 bits per heavy atom. The van der Waals surface area contributed by atoms with E-state index < -0.39 is 0 Å². The van der Waals surface area contributed by atoms with Crippen LogP contribution < -0.4 is 0 Å². The van der Waals surface area contributed by atoms with Crippen LogP contribution in [0.1, 0.15) is 85.5 Å². The van der Waals surface area contributed by atoms with Crippen molar-refractivity contribution < 1.29 is 14.6 Å². The summed E-state index contributed by atoms with van der Waals surface area (Å²) >= 11 is 0. The fourth-order valence-electron chi connectivity index (χ4n) is 9.66. The van der Waals surface area contributed by atoms with Gasteiger partial charge in [-0.05, 0) is 91.8 Å². The van der Waals surface area contributed by atoms with E-state index in [1.807, 2.05) is 0 Å². The van der Waals surface area contributed by atoms with E-state index >= 15 is 0 Å². The molecule has 168 valence electrons. The average Bonchev–Trinajstić information content (AvgIpc) is 3.16. The fourth-order valence-corrected chi connectivity index (χ4v) is 9.66. The molecule has 6 rings (SSSR count). The first-order valence-corrected chi connectivity index (χ1v) is 13.0. The summed E-state index contributed by atoms with van der Waals surface area (Å²) in [6.07, 6.45) is 13.5. The molecule has 1 spiro atoms. The molecule has 3 heteroatoms. The number of hydrogen-bond acceptors (Lipinski definition) is 3. The van der Waals surface area contributed by atoms with Crippen LogP contribution in [0.15, 0.2) is 11.6 Å². The van der Waals surface area contributed by atoms with Gasteiger partial charge in [-0.2, -0.15) is 0 Å².